The van der Waals surface area contributed by atoms with Crippen molar-refractivity contribution in [2.75, 3.05) is 26.3 Å². The molecule has 1 fully saturated rings. The van der Waals surface area contributed by atoms with Gasteiger partial charge in [-0.05, 0) is 38.1 Å². The number of carbonyl (C=O) groups excluding carboxylic acids is 1. The van der Waals surface area contributed by atoms with Crippen LogP contribution >= 0.6 is 0 Å². The lowest BCUT2D eigenvalue weighted by atomic mass is 9.88. The lowest BCUT2D eigenvalue weighted by Crippen LogP contribution is -2.47. The van der Waals surface area contributed by atoms with Crippen molar-refractivity contribution >= 4 is 5.91 Å². The Hall–Kier alpha value is -0.610. The molecule has 4 heteroatoms. The van der Waals surface area contributed by atoms with Crippen molar-refractivity contribution in [3.8, 4) is 0 Å². The predicted molar refractivity (Wildman–Crippen MR) is 73.2 cm³/mol. The molecule has 1 unspecified atom stereocenters. The number of ether oxygens (including phenoxy) is 1. The average Bonchev–Trinajstić information content (AvgIpc) is 2.34. The summed E-state index contributed by atoms with van der Waals surface area (Å²) < 4.78 is 5.35. The Labute approximate surface area is 111 Å². The van der Waals surface area contributed by atoms with Gasteiger partial charge in [-0.25, -0.2) is 0 Å². The van der Waals surface area contributed by atoms with Crippen LogP contribution in [0.4, 0.5) is 0 Å². The highest BCUT2D eigenvalue weighted by atomic mass is 16.5. The van der Waals surface area contributed by atoms with Gasteiger partial charge in [0.15, 0.2) is 0 Å². The molecule has 1 saturated heterocycles. The summed E-state index contributed by atoms with van der Waals surface area (Å²) in [4.78, 5) is 14.1. The maximum atomic E-state index is 12.2. The van der Waals surface area contributed by atoms with Gasteiger partial charge >= 0.3 is 0 Å². The lowest BCUT2D eigenvalue weighted by Gasteiger charge is -2.34. The minimum atomic E-state index is 0.221. The van der Waals surface area contributed by atoms with Crippen molar-refractivity contribution in [3.63, 3.8) is 0 Å². The van der Waals surface area contributed by atoms with E-state index in [9.17, 15) is 4.79 Å². The van der Waals surface area contributed by atoms with Crippen molar-refractivity contribution in [3.05, 3.63) is 0 Å². The molecule has 1 aliphatic heterocycles. The van der Waals surface area contributed by atoms with Gasteiger partial charge in [0.05, 0.1) is 19.3 Å². The van der Waals surface area contributed by atoms with Crippen LogP contribution in [-0.4, -0.2) is 43.2 Å². The van der Waals surface area contributed by atoms with E-state index < -0.39 is 0 Å². The first-order valence-electron chi connectivity index (χ1n) is 7.13. The molecule has 1 amide bonds. The first kappa shape index (κ1) is 15.4. The number of nitrogens with zero attached hydrogens (tertiary/aromatic N) is 1. The van der Waals surface area contributed by atoms with E-state index in [4.69, 9.17) is 10.5 Å². The van der Waals surface area contributed by atoms with E-state index >= 15 is 0 Å². The van der Waals surface area contributed by atoms with Crippen molar-refractivity contribution in [2.45, 2.75) is 46.1 Å². The Morgan fingerprint density at radius 2 is 2.17 bits per heavy atom. The van der Waals surface area contributed by atoms with Gasteiger partial charge in [0.1, 0.15) is 0 Å². The van der Waals surface area contributed by atoms with E-state index in [1.807, 2.05) is 4.90 Å². The van der Waals surface area contributed by atoms with E-state index in [1.165, 1.54) is 0 Å². The maximum absolute atomic E-state index is 12.2. The summed E-state index contributed by atoms with van der Waals surface area (Å²) in [7, 11) is 0. The molecule has 2 N–H and O–H groups in total. The molecule has 1 rings (SSSR count). The van der Waals surface area contributed by atoms with Crippen LogP contribution in [-0.2, 0) is 9.53 Å². The second-order valence-corrected chi connectivity index (χ2v) is 5.63. The second kappa shape index (κ2) is 7.74. The zero-order chi connectivity index (χ0) is 13.5. The van der Waals surface area contributed by atoms with Crippen LogP contribution in [0.25, 0.3) is 0 Å². The van der Waals surface area contributed by atoms with Crippen molar-refractivity contribution < 1.29 is 9.53 Å². The van der Waals surface area contributed by atoms with Crippen molar-refractivity contribution in [2.24, 2.45) is 17.6 Å². The molecule has 2 atom stereocenters. The normalized spacial score (nSPS) is 22.3. The van der Waals surface area contributed by atoms with Crippen molar-refractivity contribution in [1.82, 2.24) is 4.90 Å². The highest BCUT2D eigenvalue weighted by Gasteiger charge is 2.24. The predicted octanol–water partition coefficient (Wildman–Crippen LogP) is 1.63. The van der Waals surface area contributed by atoms with Crippen LogP contribution in [0.5, 0.6) is 0 Å². The molecule has 106 valence electrons. The molecule has 18 heavy (non-hydrogen) atoms. The van der Waals surface area contributed by atoms with Gasteiger partial charge in [0.2, 0.25) is 5.91 Å². The summed E-state index contributed by atoms with van der Waals surface area (Å²) in [5.41, 5.74) is 5.63. The number of hydrogen-bond donors (Lipinski definition) is 1. The molecule has 0 spiro atoms. The van der Waals surface area contributed by atoms with Gasteiger partial charge in [-0.15, -0.1) is 0 Å². The summed E-state index contributed by atoms with van der Waals surface area (Å²) in [5, 5.41) is 0. The molecule has 0 aromatic carbocycles. The number of amides is 1. The smallest absolute Gasteiger partial charge is 0.222 e. The number of nitrogens with two attached hydrogens (primary N) is 1. The van der Waals surface area contributed by atoms with Crippen LogP contribution < -0.4 is 5.73 Å². The molecule has 0 aliphatic carbocycles. The lowest BCUT2D eigenvalue weighted by molar-refractivity contribution is -0.139. The monoisotopic (exact) mass is 256 g/mol. The Kier molecular flexibility index (Phi) is 6.65. The SMILES string of the molecule is CC(C)C(CCN)CCC(=O)N1CCOC[C@H]1C. The van der Waals surface area contributed by atoms with E-state index in [0.717, 1.165) is 19.4 Å². The molecule has 0 saturated carbocycles. The standard InChI is InChI=1S/C14H28N2O2/c1-11(2)13(6-7-15)4-5-14(17)16-8-9-18-10-12(16)3/h11-13H,4-10,15H2,1-3H3/t12-,13?/m1/s1. The molecular weight excluding hydrogens is 228 g/mol. The summed E-state index contributed by atoms with van der Waals surface area (Å²) >= 11 is 0. The molecule has 1 heterocycles. The summed E-state index contributed by atoms with van der Waals surface area (Å²) in [6.45, 7) is 9.27. The number of hydrogen-bond acceptors (Lipinski definition) is 3. The third-order valence-corrected chi connectivity index (χ3v) is 3.90. The van der Waals surface area contributed by atoms with Crippen LogP contribution in [0, 0.1) is 11.8 Å². The largest absolute Gasteiger partial charge is 0.377 e. The van der Waals surface area contributed by atoms with Crippen LogP contribution in [0.3, 0.4) is 0 Å². The summed E-state index contributed by atoms with van der Waals surface area (Å²) in [5.74, 6) is 1.44. The van der Waals surface area contributed by atoms with E-state index in [1.54, 1.807) is 0 Å². The van der Waals surface area contributed by atoms with Gasteiger partial charge in [0.25, 0.3) is 0 Å². The Morgan fingerprint density at radius 1 is 1.44 bits per heavy atom. The van der Waals surface area contributed by atoms with Gasteiger partial charge < -0.3 is 15.4 Å². The molecule has 4 nitrogen and oxygen atoms in total. The van der Waals surface area contributed by atoms with Gasteiger partial charge in [0, 0.05) is 13.0 Å². The zero-order valence-electron chi connectivity index (χ0n) is 12.0. The fraction of sp³-hybridized carbons (Fsp3) is 0.929. The minimum absolute atomic E-state index is 0.221. The Bertz CT molecular complexity index is 256. The Morgan fingerprint density at radius 3 is 2.72 bits per heavy atom. The third kappa shape index (κ3) is 4.58. The first-order valence-corrected chi connectivity index (χ1v) is 7.13. The number of carbonyl (C=O) groups is 1. The molecule has 1 aliphatic rings. The van der Waals surface area contributed by atoms with Crippen molar-refractivity contribution in [1.29, 1.82) is 0 Å². The fourth-order valence-electron chi connectivity index (χ4n) is 2.58. The quantitative estimate of drug-likeness (QED) is 0.786. The number of morpholine rings is 1. The van der Waals surface area contributed by atoms with E-state index in [0.29, 0.717) is 38.0 Å². The van der Waals surface area contributed by atoms with Gasteiger partial charge in [-0.3, -0.25) is 4.79 Å². The van der Waals surface area contributed by atoms with Crippen LogP contribution in [0.1, 0.15) is 40.0 Å². The Balaban J connectivity index is 2.38. The fourth-order valence-corrected chi connectivity index (χ4v) is 2.58. The number of rotatable bonds is 6. The average molecular weight is 256 g/mol. The molecule has 0 aromatic heterocycles. The van der Waals surface area contributed by atoms with Gasteiger partial charge in [-0.2, -0.15) is 0 Å². The minimum Gasteiger partial charge on any atom is -0.377 e. The summed E-state index contributed by atoms with van der Waals surface area (Å²) in [6, 6.07) is 0.221. The highest BCUT2D eigenvalue weighted by Crippen LogP contribution is 2.21. The molecule has 0 bridgehead atoms. The highest BCUT2D eigenvalue weighted by molar-refractivity contribution is 5.76. The summed E-state index contributed by atoms with van der Waals surface area (Å²) in [6.07, 6.45) is 2.62. The van der Waals surface area contributed by atoms with E-state index in [2.05, 4.69) is 20.8 Å². The van der Waals surface area contributed by atoms with Crippen LogP contribution in [0.2, 0.25) is 0 Å². The maximum Gasteiger partial charge on any atom is 0.222 e. The molecular formula is C14H28N2O2. The second-order valence-electron chi connectivity index (χ2n) is 5.63. The van der Waals surface area contributed by atoms with Crippen LogP contribution in [0.15, 0.2) is 0 Å². The zero-order valence-corrected chi connectivity index (χ0v) is 12.0. The van der Waals surface area contributed by atoms with Gasteiger partial charge in [-0.1, -0.05) is 13.8 Å². The van der Waals surface area contributed by atoms with E-state index in [-0.39, 0.29) is 11.9 Å². The first-order chi connectivity index (χ1) is 8.56. The third-order valence-electron chi connectivity index (χ3n) is 3.90. The molecule has 0 radical (unpaired) electrons. The molecule has 0 aromatic rings. The topological polar surface area (TPSA) is 55.6 Å².